The van der Waals surface area contributed by atoms with Crippen LogP contribution in [0.2, 0.25) is 0 Å². The van der Waals surface area contributed by atoms with Crippen molar-refractivity contribution in [1.29, 1.82) is 5.26 Å². The fourth-order valence-corrected chi connectivity index (χ4v) is 6.35. The van der Waals surface area contributed by atoms with Gasteiger partial charge >= 0.3 is 11.8 Å². The number of hydrogen-bond acceptors (Lipinski definition) is 4. The summed E-state index contributed by atoms with van der Waals surface area (Å²) in [5, 5.41) is 16.3. The van der Waals surface area contributed by atoms with Crippen molar-refractivity contribution in [2.24, 2.45) is 23.2 Å². The van der Waals surface area contributed by atoms with Gasteiger partial charge in [0.05, 0.1) is 0 Å². The summed E-state index contributed by atoms with van der Waals surface area (Å²) in [6.45, 7) is 2.08. The number of thiocyanates is 1. The highest BCUT2D eigenvalue weighted by Crippen LogP contribution is 2.61. The summed E-state index contributed by atoms with van der Waals surface area (Å²) >= 11 is 1.06. The molecule has 4 bridgehead atoms. The molecule has 1 aromatic carbocycles. The van der Waals surface area contributed by atoms with Crippen LogP contribution in [0.25, 0.3) is 0 Å². The van der Waals surface area contributed by atoms with Gasteiger partial charge in [-0.15, -0.1) is 0 Å². The molecule has 0 spiro atoms. The van der Waals surface area contributed by atoms with Crippen molar-refractivity contribution in [2.75, 3.05) is 5.32 Å². The summed E-state index contributed by atoms with van der Waals surface area (Å²) in [4.78, 5) is 25.6. The Kier molecular flexibility index (Phi) is 4.90. The van der Waals surface area contributed by atoms with Crippen LogP contribution in [0.4, 0.5) is 5.69 Å². The number of nitriles is 1. The number of carbonyl (C=O) groups is 2. The molecule has 2 amide bonds. The Hall–Kier alpha value is -2.00. The molecule has 142 valence electrons. The second-order valence-corrected chi connectivity index (χ2v) is 9.51. The lowest BCUT2D eigenvalue weighted by atomic mass is 9.48. The van der Waals surface area contributed by atoms with Crippen LogP contribution in [-0.2, 0) is 9.59 Å². The molecule has 1 unspecified atom stereocenters. The molecule has 4 fully saturated rings. The van der Waals surface area contributed by atoms with Crippen molar-refractivity contribution >= 4 is 29.3 Å². The average molecular weight is 384 g/mol. The van der Waals surface area contributed by atoms with E-state index in [0.717, 1.165) is 34.4 Å². The first-order valence-electron chi connectivity index (χ1n) is 9.75. The molecule has 4 aliphatic rings. The molecule has 6 heteroatoms. The maximum Gasteiger partial charge on any atom is 0.313 e. The molecule has 4 aliphatic carbocycles. The van der Waals surface area contributed by atoms with Crippen LogP contribution < -0.4 is 10.6 Å². The first kappa shape index (κ1) is 18.4. The number of thioether (sulfide) groups is 1. The Morgan fingerprint density at radius 1 is 1.07 bits per heavy atom. The number of carbonyl (C=O) groups excluding carboxylic acids is 2. The topological polar surface area (TPSA) is 82.0 Å². The Balaban J connectivity index is 1.35. The monoisotopic (exact) mass is 383 g/mol. The first-order valence-corrected chi connectivity index (χ1v) is 10.6. The summed E-state index contributed by atoms with van der Waals surface area (Å²) in [6.07, 6.45) is 7.67. The second kappa shape index (κ2) is 7.20. The molecule has 1 atom stereocenters. The molecule has 0 radical (unpaired) electrons. The minimum Gasteiger partial charge on any atom is -0.345 e. The van der Waals surface area contributed by atoms with Gasteiger partial charge in [-0.3, -0.25) is 9.59 Å². The van der Waals surface area contributed by atoms with E-state index in [0.29, 0.717) is 5.69 Å². The maximum absolute atomic E-state index is 12.5. The van der Waals surface area contributed by atoms with E-state index in [1.54, 1.807) is 24.3 Å². The van der Waals surface area contributed by atoms with E-state index in [2.05, 4.69) is 17.6 Å². The Labute approximate surface area is 164 Å². The van der Waals surface area contributed by atoms with Crippen molar-refractivity contribution in [3.8, 4) is 5.40 Å². The van der Waals surface area contributed by atoms with Crippen molar-refractivity contribution in [1.82, 2.24) is 5.32 Å². The summed E-state index contributed by atoms with van der Waals surface area (Å²) in [5.74, 6) is 1.25. The van der Waals surface area contributed by atoms with Gasteiger partial charge in [0.15, 0.2) is 0 Å². The van der Waals surface area contributed by atoms with Gasteiger partial charge in [-0.2, -0.15) is 5.26 Å². The molecule has 5 nitrogen and oxygen atoms in total. The summed E-state index contributed by atoms with van der Waals surface area (Å²) in [6, 6.07) is 6.93. The van der Waals surface area contributed by atoms with Crippen LogP contribution in [0.15, 0.2) is 29.2 Å². The van der Waals surface area contributed by atoms with Crippen molar-refractivity contribution < 1.29 is 9.59 Å². The highest BCUT2D eigenvalue weighted by atomic mass is 32.2. The SMILES string of the molecule is CC(NC(=O)C(=O)Nc1ccc(SC#N)cc1)C12CC3CC(CC(C3)C1)C2. The van der Waals surface area contributed by atoms with E-state index in [1.807, 2.05) is 5.40 Å². The fourth-order valence-electron chi connectivity index (χ4n) is 5.97. The number of anilines is 1. The molecule has 0 aliphatic heterocycles. The zero-order valence-electron chi connectivity index (χ0n) is 15.5. The number of hydrogen-bond donors (Lipinski definition) is 2. The predicted molar refractivity (Wildman–Crippen MR) is 105 cm³/mol. The van der Waals surface area contributed by atoms with Gasteiger partial charge in [0.25, 0.3) is 0 Å². The zero-order chi connectivity index (χ0) is 19.0. The second-order valence-electron chi connectivity index (χ2n) is 8.65. The number of benzene rings is 1. The predicted octanol–water partition coefficient (Wildman–Crippen LogP) is 3.92. The van der Waals surface area contributed by atoms with Crippen LogP contribution >= 0.6 is 11.8 Å². The quantitative estimate of drug-likeness (QED) is 0.469. The van der Waals surface area contributed by atoms with Gasteiger partial charge in [-0.25, -0.2) is 0 Å². The smallest absolute Gasteiger partial charge is 0.313 e. The Bertz CT molecular complexity index is 748. The summed E-state index contributed by atoms with van der Waals surface area (Å²) < 4.78 is 0. The van der Waals surface area contributed by atoms with Crippen molar-refractivity contribution in [3.63, 3.8) is 0 Å². The van der Waals surface area contributed by atoms with Crippen LogP contribution in [0.5, 0.6) is 0 Å². The van der Waals surface area contributed by atoms with Crippen molar-refractivity contribution in [3.05, 3.63) is 24.3 Å². The largest absolute Gasteiger partial charge is 0.345 e. The van der Waals surface area contributed by atoms with Gasteiger partial charge < -0.3 is 10.6 Å². The van der Waals surface area contributed by atoms with Crippen LogP contribution in [0.3, 0.4) is 0 Å². The Morgan fingerprint density at radius 3 is 2.15 bits per heavy atom. The number of amides is 2. The van der Waals surface area contributed by atoms with E-state index >= 15 is 0 Å². The molecule has 0 saturated heterocycles. The van der Waals surface area contributed by atoms with Crippen LogP contribution in [-0.4, -0.2) is 17.9 Å². The summed E-state index contributed by atoms with van der Waals surface area (Å²) in [5.41, 5.74) is 0.737. The van der Waals surface area contributed by atoms with Gasteiger partial charge in [0.2, 0.25) is 0 Å². The number of rotatable bonds is 4. The fraction of sp³-hybridized carbons (Fsp3) is 0.571. The third-order valence-electron chi connectivity index (χ3n) is 6.83. The number of nitrogens with one attached hydrogen (secondary N) is 2. The van der Waals surface area contributed by atoms with Crippen LogP contribution in [0.1, 0.15) is 45.4 Å². The van der Waals surface area contributed by atoms with E-state index in [9.17, 15) is 9.59 Å². The minimum atomic E-state index is -0.632. The van der Waals surface area contributed by atoms with Crippen molar-refractivity contribution in [2.45, 2.75) is 56.4 Å². The van der Waals surface area contributed by atoms with Gasteiger partial charge in [0.1, 0.15) is 5.40 Å². The van der Waals surface area contributed by atoms with Gasteiger partial charge in [-0.05, 0) is 105 Å². The highest BCUT2D eigenvalue weighted by Gasteiger charge is 2.53. The lowest BCUT2D eigenvalue weighted by Crippen LogP contribution is -2.57. The molecule has 0 aromatic heterocycles. The van der Waals surface area contributed by atoms with E-state index < -0.39 is 11.8 Å². The maximum atomic E-state index is 12.5. The molecule has 5 rings (SSSR count). The molecule has 0 heterocycles. The van der Waals surface area contributed by atoms with E-state index in [4.69, 9.17) is 5.26 Å². The van der Waals surface area contributed by atoms with E-state index in [-0.39, 0.29) is 11.5 Å². The van der Waals surface area contributed by atoms with Crippen LogP contribution in [0, 0.1) is 33.8 Å². The molecule has 4 saturated carbocycles. The standard InChI is InChI=1S/C21H25N3O2S/c1-13(21-9-14-6-15(10-21)8-16(7-14)11-21)23-19(25)20(26)24-17-2-4-18(5-3-17)27-12-22/h2-5,13-16H,6-11H2,1H3,(H,23,25)(H,24,26). The highest BCUT2D eigenvalue weighted by molar-refractivity contribution is 8.03. The van der Waals surface area contributed by atoms with Gasteiger partial charge in [-0.1, -0.05) is 0 Å². The third-order valence-corrected chi connectivity index (χ3v) is 7.43. The minimum absolute atomic E-state index is 0.0264. The number of nitrogens with zero attached hydrogens (tertiary/aromatic N) is 1. The lowest BCUT2D eigenvalue weighted by Gasteiger charge is -2.59. The zero-order valence-corrected chi connectivity index (χ0v) is 16.3. The molecule has 27 heavy (non-hydrogen) atoms. The lowest BCUT2D eigenvalue weighted by molar-refractivity contribution is -0.138. The van der Waals surface area contributed by atoms with E-state index in [1.165, 1.54) is 38.5 Å². The average Bonchev–Trinajstić information content (AvgIpc) is 2.62. The first-order chi connectivity index (χ1) is 13.0. The molecule has 1 aromatic rings. The molecular formula is C21H25N3O2S. The molecular weight excluding hydrogens is 358 g/mol. The Morgan fingerprint density at radius 2 is 1.63 bits per heavy atom. The van der Waals surface area contributed by atoms with Gasteiger partial charge in [0, 0.05) is 16.6 Å². The summed E-state index contributed by atoms with van der Waals surface area (Å²) in [7, 11) is 0. The molecule has 2 N–H and O–H groups in total. The normalized spacial score (nSPS) is 31.8. The third kappa shape index (κ3) is 3.70.